The van der Waals surface area contributed by atoms with E-state index in [-0.39, 0.29) is 6.10 Å². The van der Waals surface area contributed by atoms with E-state index in [1.54, 1.807) is 0 Å². The van der Waals surface area contributed by atoms with Gasteiger partial charge in [-0.25, -0.2) is 0 Å². The molecule has 106 valence electrons. The van der Waals surface area contributed by atoms with Crippen molar-refractivity contribution in [1.29, 1.82) is 0 Å². The minimum atomic E-state index is -0.468. The molecule has 2 rings (SSSR count). The van der Waals surface area contributed by atoms with Crippen LogP contribution in [0.4, 0.5) is 0 Å². The summed E-state index contributed by atoms with van der Waals surface area (Å²) in [5.41, 5.74) is 0.874. The Morgan fingerprint density at radius 3 is 2.84 bits per heavy atom. The molecule has 0 aliphatic carbocycles. The second-order valence-corrected chi connectivity index (χ2v) is 5.89. The van der Waals surface area contributed by atoms with Crippen LogP contribution in [-0.4, -0.2) is 40.9 Å². The van der Waals surface area contributed by atoms with Gasteiger partial charge in [-0.2, -0.15) is 0 Å². The van der Waals surface area contributed by atoms with Crippen molar-refractivity contribution in [2.45, 2.75) is 32.0 Å². The minimum Gasteiger partial charge on any atom is -0.393 e. The number of likely N-dealkylation sites (tertiary alicyclic amines) is 1. The molecule has 4 heteroatoms. The van der Waals surface area contributed by atoms with Gasteiger partial charge in [0, 0.05) is 18.1 Å². The Labute approximate surface area is 119 Å². The molecule has 3 unspecified atom stereocenters. The molecule has 1 fully saturated rings. The molecular weight excluding hydrogens is 262 g/mol. The van der Waals surface area contributed by atoms with Gasteiger partial charge in [-0.3, -0.25) is 0 Å². The molecule has 2 N–H and O–H groups in total. The van der Waals surface area contributed by atoms with E-state index < -0.39 is 6.10 Å². The van der Waals surface area contributed by atoms with Gasteiger partial charge in [0.15, 0.2) is 0 Å². The lowest BCUT2D eigenvalue weighted by Crippen LogP contribution is -2.26. The number of rotatable bonds is 5. The van der Waals surface area contributed by atoms with Crippen molar-refractivity contribution in [2.75, 3.05) is 19.6 Å². The molecule has 1 aliphatic rings. The molecule has 1 heterocycles. The van der Waals surface area contributed by atoms with Crippen LogP contribution in [0.2, 0.25) is 5.02 Å². The highest BCUT2D eigenvalue weighted by Crippen LogP contribution is 2.23. The first kappa shape index (κ1) is 14.8. The monoisotopic (exact) mass is 283 g/mol. The lowest BCUT2D eigenvalue weighted by atomic mass is 10.0. The molecule has 0 aromatic heterocycles. The summed E-state index contributed by atoms with van der Waals surface area (Å²) < 4.78 is 0. The van der Waals surface area contributed by atoms with Crippen LogP contribution in [0.25, 0.3) is 0 Å². The Bertz CT molecular complexity index is 411. The summed E-state index contributed by atoms with van der Waals surface area (Å²) in [6.45, 7) is 4.66. The van der Waals surface area contributed by atoms with E-state index >= 15 is 0 Å². The maximum Gasteiger partial charge on any atom is 0.0802 e. The van der Waals surface area contributed by atoms with Gasteiger partial charge < -0.3 is 15.1 Å². The number of halogens is 1. The summed E-state index contributed by atoms with van der Waals surface area (Å²) in [7, 11) is 0. The second-order valence-electron chi connectivity index (χ2n) is 5.45. The van der Waals surface area contributed by atoms with E-state index in [2.05, 4.69) is 4.90 Å². The SMILES string of the molecule is CC(O)C1CCN(CCC(O)c2cccc(Cl)c2)C1. The molecular formula is C15H22ClNO2. The Balaban J connectivity index is 1.80. The van der Waals surface area contributed by atoms with Crippen molar-refractivity contribution >= 4 is 11.6 Å². The Hall–Kier alpha value is -0.610. The summed E-state index contributed by atoms with van der Waals surface area (Å²) in [5, 5.41) is 20.4. The molecule has 0 bridgehead atoms. The summed E-state index contributed by atoms with van der Waals surface area (Å²) in [5.74, 6) is 0.378. The molecule has 1 saturated heterocycles. The van der Waals surface area contributed by atoms with E-state index in [1.165, 1.54) is 0 Å². The highest BCUT2D eigenvalue weighted by atomic mass is 35.5. The minimum absolute atomic E-state index is 0.233. The molecule has 1 aromatic rings. The van der Waals surface area contributed by atoms with Gasteiger partial charge in [0.2, 0.25) is 0 Å². The van der Waals surface area contributed by atoms with Crippen molar-refractivity contribution in [3.8, 4) is 0 Å². The number of hydrogen-bond donors (Lipinski definition) is 2. The zero-order valence-electron chi connectivity index (χ0n) is 11.3. The normalized spacial score (nSPS) is 23.5. The molecule has 3 nitrogen and oxygen atoms in total. The van der Waals surface area contributed by atoms with Gasteiger partial charge in [0.1, 0.15) is 0 Å². The molecule has 0 spiro atoms. The predicted molar refractivity (Wildman–Crippen MR) is 77.3 cm³/mol. The van der Waals surface area contributed by atoms with Crippen LogP contribution in [0.5, 0.6) is 0 Å². The number of benzene rings is 1. The fourth-order valence-electron chi connectivity index (χ4n) is 2.64. The maximum absolute atomic E-state index is 10.1. The number of aliphatic hydroxyl groups is 2. The van der Waals surface area contributed by atoms with Gasteiger partial charge in [0.25, 0.3) is 0 Å². The van der Waals surface area contributed by atoms with Crippen molar-refractivity contribution in [3.05, 3.63) is 34.9 Å². The standard InChI is InChI=1S/C15H22ClNO2/c1-11(18)13-5-7-17(10-13)8-6-15(19)12-3-2-4-14(16)9-12/h2-4,9,11,13,15,18-19H,5-8,10H2,1H3. The fraction of sp³-hybridized carbons (Fsp3) is 0.600. The van der Waals surface area contributed by atoms with Crippen LogP contribution in [0.3, 0.4) is 0 Å². The van der Waals surface area contributed by atoms with Crippen LogP contribution in [0.1, 0.15) is 31.4 Å². The zero-order chi connectivity index (χ0) is 13.8. The Morgan fingerprint density at radius 1 is 1.42 bits per heavy atom. The molecule has 1 aliphatic heterocycles. The highest BCUT2D eigenvalue weighted by Gasteiger charge is 2.26. The van der Waals surface area contributed by atoms with E-state index in [9.17, 15) is 10.2 Å². The number of nitrogens with zero attached hydrogens (tertiary/aromatic N) is 1. The zero-order valence-corrected chi connectivity index (χ0v) is 12.1. The van der Waals surface area contributed by atoms with E-state index in [0.717, 1.165) is 31.6 Å². The quantitative estimate of drug-likeness (QED) is 0.872. The van der Waals surface area contributed by atoms with Crippen molar-refractivity contribution in [1.82, 2.24) is 4.90 Å². The van der Waals surface area contributed by atoms with Gasteiger partial charge in [0.05, 0.1) is 12.2 Å². The first-order valence-electron chi connectivity index (χ1n) is 6.90. The molecule has 19 heavy (non-hydrogen) atoms. The van der Waals surface area contributed by atoms with Crippen LogP contribution >= 0.6 is 11.6 Å². The summed E-state index contributed by atoms with van der Waals surface area (Å²) in [6.07, 6.45) is 1.05. The Morgan fingerprint density at radius 2 is 2.21 bits per heavy atom. The topological polar surface area (TPSA) is 43.7 Å². The van der Waals surface area contributed by atoms with Crippen LogP contribution < -0.4 is 0 Å². The first-order valence-corrected chi connectivity index (χ1v) is 7.28. The van der Waals surface area contributed by atoms with Gasteiger partial charge in [-0.15, -0.1) is 0 Å². The molecule has 0 amide bonds. The smallest absolute Gasteiger partial charge is 0.0802 e. The number of aliphatic hydroxyl groups excluding tert-OH is 2. The van der Waals surface area contributed by atoms with Crippen molar-refractivity contribution in [3.63, 3.8) is 0 Å². The Kier molecular flexibility index (Phi) is 5.22. The van der Waals surface area contributed by atoms with Gasteiger partial charge in [-0.1, -0.05) is 23.7 Å². The molecule has 0 radical (unpaired) electrons. The first-order chi connectivity index (χ1) is 9.06. The number of hydrogen-bond acceptors (Lipinski definition) is 3. The highest BCUT2D eigenvalue weighted by molar-refractivity contribution is 6.30. The third-order valence-corrected chi connectivity index (χ3v) is 4.18. The van der Waals surface area contributed by atoms with Crippen LogP contribution in [0.15, 0.2) is 24.3 Å². The van der Waals surface area contributed by atoms with Crippen LogP contribution in [0, 0.1) is 5.92 Å². The summed E-state index contributed by atoms with van der Waals surface area (Å²) in [6, 6.07) is 7.39. The van der Waals surface area contributed by atoms with E-state index in [0.29, 0.717) is 17.4 Å². The van der Waals surface area contributed by atoms with E-state index in [1.807, 2.05) is 31.2 Å². The lowest BCUT2D eigenvalue weighted by Gasteiger charge is -2.19. The van der Waals surface area contributed by atoms with Crippen molar-refractivity contribution in [2.24, 2.45) is 5.92 Å². The van der Waals surface area contributed by atoms with Crippen LogP contribution in [-0.2, 0) is 0 Å². The molecule has 1 aromatic carbocycles. The van der Waals surface area contributed by atoms with Gasteiger partial charge >= 0.3 is 0 Å². The summed E-state index contributed by atoms with van der Waals surface area (Å²) >= 11 is 5.92. The maximum atomic E-state index is 10.1. The third-order valence-electron chi connectivity index (χ3n) is 3.94. The average Bonchev–Trinajstić information content (AvgIpc) is 2.85. The molecule has 0 saturated carbocycles. The second kappa shape index (κ2) is 6.71. The van der Waals surface area contributed by atoms with Crippen molar-refractivity contribution < 1.29 is 10.2 Å². The van der Waals surface area contributed by atoms with E-state index in [4.69, 9.17) is 11.6 Å². The fourth-order valence-corrected chi connectivity index (χ4v) is 2.84. The third kappa shape index (κ3) is 4.18. The molecule has 3 atom stereocenters. The largest absolute Gasteiger partial charge is 0.393 e. The predicted octanol–water partition coefficient (Wildman–Crippen LogP) is 2.47. The van der Waals surface area contributed by atoms with Gasteiger partial charge in [-0.05, 0) is 49.9 Å². The summed E-state index contributed by atoms with van der Waals surface area (Å²) in [4.78, 5) is 2.31. The average molecular weight is 284 g/mol. The lowest BCUT2D eigenvalue weighted by molar-refractivity contribution is 0.121.